The molecule has 0 aromatic heterocycles. The number of benzene rings is 1. The maximum absolute atomic E-state index is 11.3. The van der Waals surface area contributed by atoms with Crippen molar-refractivity contribution in [3.63, 3.8) is 0 Å². The minimum absolute atomic E-state index is 0.204. The van der Waals surface area contributed by atoms with E-state index in [1.165, 1.54) is 0 Å². The molecule has 4 nitrogen and oxygen atoms in total. The second-order valence-electron chi connectivity index (χ2n) is 3.05. The molecule has 5 heteroatoms. The molecule has 1 aromatic carbocycles. The van der Waals surface area contributed by atoms with E-state index in [-0.39, 0.29) is 12.5 Å². The Morgan fingerprint density at radius 1 is 1.57 bits per heavy atom. The van der Waals surface area contributed by atoms with Crippen molar-refractivity contribution < 1.29 is 9.53 Å². The highest BCUT2D eigenvalue weighted by atomic mass is 79.9. The van der Waals surface area contributed by atoms with Crippen molar-refractivity contribution in [3.05, 3.63) is 22.7 Å². The first-order chi connectivity index (χ1) is 6.66. The predicted molar refractivity (Wildman–Crippen MR) is 56.2 cm³/mol. The Morgan fingerprint density at radius 3 is 3.14 bits per heavy atom. The second kappa shape index (κ2) is 3.59. The minimum atomic E-state index is -0.610. The summed E-state index contributed by atoms with van der Waals surface area (Å²) < 4.78 is 6.28. The lowest BCUT2D eigenvalue weighted by atomic mass is 10.3. The number of carbonyl (C=O) groups excluding carboxylic acids is 1. The Kier molecular flexibility index (Phi) is 2.43. The Labute approximate surface area is 89.6 Å². The van der Waals surface area contributed by atoms with E-state index in [4.69, 9.17) is 10.5 Å². The maximum Gasteiger partial charge on any atom is 0.244 e. The Bertz CT molecular complexity index is 381. The smallest absolute Gasteiger partial charge is 0.244 e. The summed E-state index contributed by atoms with van der Waals surface area (Å²) in [5, 5.41) is 2.69. The second-order valence-corrected chi connectivity index (χ2v) is 3.96. The summed E-state index contributed by atoms with van der Waals surface area (Å²) in [7, 11) is 0. The van der Waals surface area contributed by atoms with E-state index < -0.39 is 6.04 Å². The molecule has 0 bridgehead atoms. The van der Waals surface area contributed by atoms with E-state index in [2.05, 4.69) is 21.2 Å². The van der Waals surface area contributed by atoms with Gasteiger partial charge in [0, 0.05) is 4.47 Å². The van der Waals surface area contributed by atoms with Crippen LogP contribution in [0.15, 0.2) is 22.7 Å². The summed E-state index contributed by atoms with van der Waals surface area (Å²) in [6.07, 6.45) is 0. The van der Waals surface area contributed by atoms with Crippen molar-refractivity contribution in [2.75, 3.05) is 11.9 Å². The van der Waals surface area contributed by atoms with Crippen LogP contribution >= 0.6 is 15.9 Å². The molecule has 1 aliphatic rings. The van der Waals surface area contributed by atoms with Gasteiger partial charge in [0.25, 0.3) is 0 Å². The molecule has 0 aliphatic carbocycles. The van der Waals surface area contributed by atoms with Crippen LogP contribution in [-0.2, 0) is 4.79 Å². The summed E-state index contributed by atoms with van der Waals surface area (Å²) >= 11 is 3.32. The van der Waals surface area contributed by atoms with Crippen LogP contribution in [0.4, 0.5) is 5.69 Å². The number of halogens is 1. The number of hydrogen-bond acceptors (Lipinski definition) is 3. The van der Waals surface area contributed by atoms with Gasteiger partial charge in [-0.05, 0) is 18.2 Å². The van der Waals surface area contributed by atoms with Gasteiger partial charge in [0.1, 0.15) is 18.4 Å². The van der Waals surface area contributed by atoms with Crippen LogP contribution in [0.3, 0.4) is 0 Å². The summed E-state index contributed by atoms with van der Waals surface area (Å²) in [5.41, 5.74) is 6.21. The van der Waals surface area contributed by atoms with Crippen molar-refractivity contribution in [3.8, 4) is 5.75 Å². The molecule has 3 N–H and O–H groups in total. The summed E-state index contributed by atoms with van der Waals surface area (Å²) in [4.78, 5) is 11.3. The molecular weight excluding hydrogens is 248 g/mol. The normalized spacial score (nSPS) is 20.4. The number of anilines is 1. The number of rotatable bonds is 0. The van der Waals surface area contributed by atoms with Crippen molar-refractivity contribution in [2.24, 2.45) is 5.73 Å². The zero-order valence-electron chi connectivity index (χ0n) is 7.29. The quantitative estimate of drug-likeness (QED) is 0.731. The molecule has 1 aliphatic heterocycles. The molecular formula is C9H9BrN2O2. The number of fused-ring (bicyclic) bond motifs is 1. The maximum atomic E-state index is 11.3. The van der Waals surface area contributed by atoms with Crippen molar-refractivity contribution in [1.29, 1.82) is 0 Å². The van der Waals surface area contributed by atoms with Gasteiger partial charge < -0.3 is 15.8 Å². The largest absolute Gasteiger partial charge is 0.489 e. The SMILES string of the molecule is NC1COc2cc(Br)ccc2NC1=O. The van der Waals surface area contributed by atoms with Crippen LogP contribution in [0, 0.1) is 0 Å². The van der Waals surface area contributed by atoms with Crippen LogP contribution in [0.1, 0.15) is 0 Å². The number of nitrogens with two attached hydrogens (primary N) is 1. The molecule has 1 heterocycles. The molecule has 0 saturated heterocycles. The average Bonchev–Trinajstić information content (AvgIpc) is 2.29. The number of ether oxygens (including phenoxy) is 1. The zero-order chi connectivity index (χ0) is 10.1. The third kappa shape index (κ3) is 1.73. The Balaban J connectivity index is 2.37. The van der Waals surface area contributed by atoms with Crippen LogP contribution in [0.2, 0.25) is 0 Å². The highest BCUT2D eigenvalue weighted by molar-refractivity contribution is 9.10. The summed E-state index contributed by atoms with van der Waals surface area (Å²) in [6, 6.07) is 4.80. The minimum Gasteiger partial charge on any atom is -0.489 e. The lowest BCUT2D eigenvalue weighted by Gasteiger charge is -2.06. The van der Waals surface area contributed by atoms with Crippen LogP contribution in [0.5, 0.6) is 5.75 Å². The fraction of sp³-hybridized carbons (Fsp3) is 0.222. The van der Waals surface area contributed by atoms with Crippen LogP contribution in [-0.4, -0.2) is 18.6 Å². The monoisotopic (exact) mass is 256 g/mol. The third-order valence-electron chi connectivity index (χ3n) is 1.96. The average molecular weight is 257 g/mol. The molecule has 1 atom stereocenters. The topological polar surface area (TPSA) is 64.3 Å². The van der Waals surface area contributed by atoms with Gasteiger partial charge in [-0.1, -0.05) is 15.9 Å². The van der Waals surface area contributed by atoms with E-state index >= 15 is 0 Å². The summed E-state index contributed by atoms with van der Waals surface area (Å²) in [6.45, 7) is 0.204. The first kappa shape index (κ1) is 9.48. The molecule has 0 radical (unpaired) electrons. The van der Waals surface area contributed by atoms with Crippen LogP contribution < -0.4 is 15.8 Å². The fourth-order valence-electron chi connectivity index (χ4n) is 1.20. The number of nitrogens with one attached hydrogen (secondary N) is 1. The van der Waals surface area contributed by atoms with Crippen molar-refractivity contribution >= 4 is 27.5 Å². The van der Waals surface area contributed by atoms with Gasteiger partial charge in [-0.25, -0.2) is 0 Å². The van der Waals surface area contributed by atoms with Gasteiger partial charge in [0.15, 0.2) is 0 Å². The van der Waals surface area contributed by atoms with Gasteiger partial charge in [0.05, 0.1) is 5.69 Å². The third-order valence-corrected chi connectivity index (χ3v) is 2.45. The van der Waals surface area contributed by atoms with Crippen molar-refractivity contribution in [2.45, 2.75) is 6.04 Å². The molecule has 1 aromatic rings. The zero-order valence-corrected chi connectivity index (χ0v) is 8.87. The van der Waals surface area contributed by atoms with Crippen LogP contribution in [0.25, 0.3) is 0 Å². The fourth-order valence-corrected chi connectivity index (χ4v) is 1.54. The molecule has 1 amide bonds. The molecule has 14 heavy (non-hydrogen) atoms. The number of carbonyl (C=O) groups is 1. The van der Waals surface area contributed by atoms with E-state index in [0.717, 1.165) is 4.47 Å². The van der Waals surface area contributed by atoms with Gasteiger partial charge >= 0.3 is 0 Å². The number of hydrogen-bond donors (Lipinski definition) is 2. The van der Waals surface area contributed by atoms with E-state index in [9.17, 15) is 4.79 Å². The molecule has 0 fully saturated rings. The summed E-state index contributed by atoms with van der Waals surface area (Å²) in [5.74, 6) is 0.423. The molecule has 0 spiro atoms. The lowest BCUT2D eigenvalue weighted by Crippen LogP contribution is -2.38. The lowest BCUT2D eigenvalue weighted by molar-refractivity contribution is -0.117. The predicted octanol–water partition coefficient (Wildman–Crippen LogP) is 1.11. The van der Waals surface area contributed by atoms with Gasteiger partial charge in [-0.2, -0.15) is 0 Å². The molecule has 74 valence electrons. The van der Waals surface area contributed by atoms with E-state index in [1.807, 2.05) is 6.07 Å². The van der Waals surface area contributed by atoms with E-state index in [0.29, 0.717) is 11.4 Å². The highest BCUT2D eigenvalue weighted by Gasteiger charge is 2.20. The van der Waals surface area contributed by atoms with Gasteiger partial charge in [-0.3, -0.25) is 4.79 Å². The van der Waals surface area contributed by atoms with Gasteiger partial charge in [-0.15, -0.1) is 0 Å². The number of amides is 1. The Morgan fingerprint density at radius 2 is 2.36 bits per heavy atom. The molecule has 1 unspecified atom stereocenters. The molecule has 2 rings (SSSR count). The molecule has 0 saturated carbocycles. The first-order valence-corrected chi connectivity index (χ1v) is 4.95. The Hall–Kier alpha value is -1.07. The van der Waals surface area contributed by atoms with E-state index in [1.54, 1.807) is 12.1 Å². The van der Waals surface area contributed by atoms with Gasteiger partial charge in [0.2, 0.25) is 5.91 Å². The highest BCUT2D eigenvalue weighted by Crippen LogP contribution is 2.29. The standard InChI is InChI=1S/C9H9BrN2O2/c10-5-1-2-7-8(3-5)14-4-6(11)9(13)12-7/h1-3,6H,4,11H2,(H,12,13). The first-order valence-electron chi connectivity index (χ1n) is 4.15. The van der Waals surface area contributed by atoms with Crippen molar-refractivity contribution in [1.82, 2.24) is 0 Å².